The van der Waals surface area contributed by atoms with Crippen molar-refractivity contribution in [2.45, 2.75) is 64.5 Å². The van der Waals surface area contributed by atoms with Gasteiger partial charge in [0.05, 0.1) is 19.2 Å². The van der Waals surface area contributed by atoms with E-state index < -0.39 is 6.10 Å². The van der Waals surface area contributed by atoms with Crippen molar-refractivity contribution >= 4 is 11.9 Å². The van der Waals surface area contributed by atoms with Crippen molar-refractivity contribution in [1.29, 1.82) is 0 Å². The Kier molecular flexibility index (Phi) is 4.34. The number of carbonyl (C=O) groups excluding carboxylic acids is 2. The molecule has 136 valence electrons. The van der Waals surface area contributed by atoms with Crippen molar-refractivity contribution in [3.8, 4) is 0 Å². The fourth-order valence-corrected chi connectivity index (χ4v) is 5.84. The van der Waals surface area contributed by atoms with Crippen molar-refractivity contribution in [2.24, 2.45) is 23.2 Å². The smallest absolute Gasteiger partial charge is 0.307 e. The van der Waals surface area contributed by atoms with Crippen LogP contribution in [0.25, 0.3) is 0 Å². The summed E-state index contributed by atoms with van der Waals surface area (Å²) >= 11 is 0. The second kappa shape index (κ2) is 6.50. The topological polar surface area (TPSA) is 68.5 Å². The molecule has 5 nitrogen and oxygen atoms in total. The molecule has 1 N–H and O–H groups in total. The van der Waals surface area contributed by atoms with Crippen LogP contribution < -0.4 is 5.32 Å². The molecule has 0 aliphatic heterocycles. The second-order valence-corrected chi connectivity index (χ2v) is 8.52. The van der Waals surface area contributed by atoms with Gasteiger partial charge in [-0.15, -0.1) is 0 Å². The lowest BCUT2D eigenvalue weighted by Gasteiger charge is -2.56. The summed E-state index contributed by atoms with van der Waals surface area (Å²) in [6, 6.07) is 3.57. The molecule has 4 aliphatic rings. The van der Waals surface area contributed by atoms with E-state index in [1.165, 1.54) is 38.5 Å². The third-order valence-corrected chi connectivity index (χ3v) is 6.38. The van der Waals surface area contributed by atoms with Gasteiger partial charge < -0.3 is 14.5 Å². The van der Waals surface area contributed by atoms with Crippen LogP contribution in [0.5, 0.6) is 0 Å². The van der Waals surface area contributed by atoms with Crippen molar-refractivity contribution in [2.75, 3.05) is 0 Å². The highest BCUT2D eigenvalue weighted by Gasteiger charge is 2.51. The summed E-state index contributed by atoms with van der Waals surface area (Å²) in [4.78, 5) is 24.6. The Morgan fingerprint density at radius 2 is 1.88 bits per heavy atom. The fourth-order valence-electron chi connectivity index (χ4n) is 5.84. The van der Waals surface area contributed by atoms with E-state index in [1.54, 1.807) is 25.3 Å². The summed E-state index contributed by atoms with van der Waals surface area (Å²) in [6.45, 7) is 1.94. The van der Waals surface area contributed by atoms with Gasteiger partial charge in [0.2, 0.25) is 0 Å². The van der Waals surface area contributed by atoms with Crippen LogP contribution in [0.1, 0.15) is 57.6 Å². The predicted molar refractivity (Wildman–Crippen MR) is 91.3 cm³/mol. The molecule has 1 aromatic rings. The predicted octanol–water partition coefficient (Wildman–Crippen LogP) is 3.43. The van der Waals surface area contributed by atoms with E-state index in [0.717, 1.165) is 17.8 Å². The largest absolute Gasteiger partial charge is 0.467 e. The van der Waals surface area contributed by atoms with E-state index >= 15 is 0 Å². The first-order valence-corrected chi connectivity index (χ1v) is 9.51. The Hall–Kier alpha value is -1.78. The van der Waals surface area contributed by atoms with E-state index in [1.807, 2.05) is 0 Å². The minimum Gasteiger partial charge on any atom is -0.467 e. The molecule has 4 saturated carbocycles. The normalized spacial score (nSPS) is 33.9. The SMILES string of the molecule is C[C@H](OC(=O)CC12CC3CC(CC(C3)C1)C2)C(=O)NCc1ccco1. The molecular formula is C20H27NO4. The molecule has 25 heavy (non-hydrogen) atoms. The Morgan fingerprint density at radius 1 is 1.24 bits per heavy atom. The van der Waals surface area contributed by atoms with Gasteiger partial charge in [-0.25, -0.2) is 0 Å². The summed E-state index contributed by atoms with van der Waals surface area (Å²) in [5, 5.41) is 2.74. The van der Waals surface area contributed by atoms with Crippen LogP contribution in [0.15, 0.2) is 22.8 Å². The monoisotopic (exact) mass is 345 g/mol. The van der Waals surface area contributed by atoms with E-state index in [0.29, 0.717) is 18.7 Å². The Balaban J connectivity index is 1.27. The number of ether oxygens (including phenoxy) is 1. The molecule has 1 atom stereocenters. The van der Waals surface area contributed by atoms with Crippen LogP contribution >= 0.6 is 0 Å². The maximum absolute atomic E-state index is 12.5. The number of rotatable bonds is 6. The maximum Gasteiger partial charge on any atom is 0.307 e. The van der Waals surface area contributed by atoms with Gasteiger partial charge in [0, 0.05) is 0 Å². The highest BCUT2D eigenvalue weighted by atomic mass is 16.5. The van der Waals surface area contributed by atoms with Gasteiger partial charge in [-0.2, -0.15) is 0 Å². The molecule has 4 bridgehead atoms. The quantitative estimate of drug-likeness (QED) is 0.802. The summed E-state index contributed by atoms with van der Waals surface area (Å²) in [5.74, 6) is 2.62. The molecule has 5 heteroatoms. The molecule has 0 saturated heterocycles. The van der Waals surface area contributed by atoms with Gasteiger partial charge in [-0.1, -0.05) is 0 Å². The molecule has 1 aromatic heterocycles. The minimum atomic E-state index is -0.767. The number of nitrogens with one attached hydrogen (secondary N) is 1. The van der Waals surface area contributed by atoms with Crippen LogP contribution in [0.2, 0.25) is 0 Å². The van der Waals surface area contributed by atoms with Gasteiger partial charge >= 0.3 is 5.97 Å². The number of amides is 1. The first-order chi connectivity index (χ1) is 12.0. The Bertz CT molecular complexity index is 601. The number of furan rings is 1. The lowest BCUT2D eigenvalue weighted by Crippen LogP contribution is -2.47. The first-order valence-electron chi connectivity index (χ1n) is 9.51. The highest BCUT2D eigenvalue weighted by molar-refractivity contribution is 5.83. The van der Waals surface area contributed by atoms with Gasteiger partial charge in [0.1, 0.15) is 5.76 Å². The molecule has 0 unspecified atom stereocenters. The van der Waals surface area contributed by atoms with Crippen molar-refractivity contribution < 1.29 is 18.7 Å². The third-order valence-electron chi connectivity index (χ3n) is 6.38. The van der Waals surface area contributed by atoms with Gasteiger partial charge in [-0.3, -0.25) is 9.59 Å². The first kappa shape index (κ1) is 16.7. The van der Waals surface area contributed by atoms with Crippen LogP contribution in [0.3, 0.4) is 0 Å². The standard InChI is InChI=1S/C20H27NO4/c1-13(19(23)21-12-17-3-2-4-24-17)25-18(22)11-20-8-14-5-15(9-20)7-16(6-14)10-20/h2-4,13-16H,5-12H2,1H3,(H,21,23)/t13-,14?,15?,16?,20?/m0/s1. The molecule has 0 radical (unpaired) electrons. The molecule has 0 aromatic carbocycles. The zero-order valence-electron chi connectivity index (χ0n) is 14.8. The lowest BCUT2D eigenvalue weighted by atomic mass is 9.49. The maximum atomic E-state index is 12.5. The van der Waals surface area contributed by atoms with E-state index in [-0.39, 0.29) is 17.3 Å². The highest BCUT2D eigenvalue weighted by Crippen LogP contribution is 2.61. The molecule has 4 aliphatic carbocycles. The van der Waals surface area contributed by atoms with Crippen molar-refractivity contribution in [1.82, 2.24) is 5.32 Å². The third kappa shape index (κ3) is 3.60. The molecule has 1 amide bonds. The average Bonchev–Trinajstić information content (AvgIpc) is 3.03. The summed E-state index contributed by atoms with van der Waals surface area (Å²) in [6.07, 6.45) is 8.88. The zero-order chi connectivity index (χ0) is 17.4. The van der Waals surface area contributed by atoms with Crippen molar-refractivity contribution in [3.63, 3.8) is 0 Å². The van der Waals surface area contributed by atoms with Gasteiger partial charge in [-0.05, 0) is 80.8 Å². The Morgan fingerprint density at radius 3 is 2.44 bits per heavy atom. The van der Waals surface area contributed by atoms with Crippen molar-refractivity contribution in [3.05, 3.63) is 24.2 Å². The number of hydrogen-bond donors (Lipinski definition) is 1. The van der Waals surface area contributed by atoms with Crippen LogP contribution in [0.4, 0.5) is 0 Å². The van der Waals surface area contributed by atoms with Crippen LogP contribution in [0, 0.1) is 23.2 Å². The molecule has 4 fully saturated rings. The fraction of sp³-hybridized carbons (Fsp3) is 0.700. The molecule has 0 spiro atoms. The summed E-state index contributed by atoms with van der Waals surface area (Å²) < 4.78 is 10.6. The summed E-state index contributed by atoms with van der Waals surface area (Å²) in [7, 11) is 0. The molecular weight excluding hydrogens is 318 g/mol. The summed E-state index contributed by atoms with van der Waals surface area (Å²) in [5.41, 5.74) is 0.149. The van der Waals surface area contributed by atoms with E-state index in [2.05, 4.69) is 5.32 Å². The zero-order valence-corrected chi connectivity index (χ0v) is 14.8. The average molecular weight is 345 g/mol. The van der Waals surface area contributed by atoms with E-state index in [9.17, 15) is 9.59 Å². The molecule has 1 heterocycles. The number of carbonyl (C=O) groups is 2. The van der Waals surface area contributed by atoms with Gasteiger partial charge in [0.25, 0.3) is 5.91 Å². The van der Waals surface area contributed by atoms with E-state index in [4.69, 9.17) is 9.15 Å². The Labute approximate surface area is 148 Å². The van der Waals surface area contributed by atoms with Crippen LogP contribution in [-0.4, -0.2) is 18.0 Å². The second-order valence-electron chi connectivity index (χ2n) is 8.52. The lowest BCUT2D eigenvalue weighted by molar-refractivity contribution is -0.161. The number of hydrogen-bond acceptors (Lipinski definition) is 4. The van der Waals surface area contributed by atoms with Crippen LogP contribution in [-0.2, 0) is 20.9 Å². The minimum absolute atomic E-state index is 0.149. The molecule has 5 rings (SSSR count). The number of esters is 1. The van der Waals surface area contributed by atoms with Gasteiger partial charge in [0.15, 0.2) is 6.10 Å².